The van der Waals surface area contributed by atoms with Crippen LogP contribution in [0.4, 0.5) is 16.2 Å². The Morgan fingerprint density at radius 1 is 1.34 bits per heavy atom. The van der Waals surface area contributed by atoms with Crippen LogP contribution in [-0.2, 0) is 11.8 Å². The molecule has 0 amide bonds. The van der Waals surface area contributed by atoms with Gasteiger partial charge in [0.25, 0.3) is 5.56 Å². The first-order valence-electron chi connectivity index (χ1n) is 9.90. The molecule has 0 saturated carbocycles. The van der Waals surface area contributed by atoms with E-state index < -0.39 is 5.82 Å². The molecule has 8 heteroatoms. The normalized spacial score (nSPS) is 21.0. The van der Waals surface area contributed by atoms with Crippen molar-refractivity contribution in [2.24, 2.45) is 12.5 Å². The van der Waals surface area contributed by atoms with Gasteiger partial charge >= 0.3 is 0 Å². The zero-order chi connectivity index (χ0) is 20.8. The molecular weight excluding hydrogens is 375 g/mol. The lowest BCUT2D eigenvalue weighted by Gasteiger charge is -2.39. The van der Waals surface area contributed by atoms with Crippen molar-refractivity contribution in [3.05, 3.63) is 34.4 Å². The molecule has 0 unspecified atom stereocenters. The van der Waals surface area contributed by atoms with Crippen LogP contribution in [0.25, 0.3) is 11.1 Å². The van der Waals surface area contributed by atoms with E-state index in [0.717, 1.165) is 39.0 Å². The molecule has 1 spiro atoms. The smallest absolute Gasteiger partial charge is 0.264 e. The van der Waals surface area contributed by atoms with Gasteiger partial charge in [0.2, 0.25) is 5.95 Å². The maximum absolute atomic E-state index is 14.1. The topological polar surface area (TPSA) is 82.6 Å². The lowest BCUT2D eigenvalue weighted by atomic mass is 9.77. The Kier molecular flexibility index (Phi) is 4.98. The number of anilines is 2. The standard InChI is InChI=1S/C21H27FN4O3/c1-13-11-21(12-29-13)6-8-26(9-7-21)20-24-18(23)17(19(27)25(20)2)14-4-5-16(28-3)15(22)10-14/h4-5,10,13H,6-9,11-12,23H2,1-3H3/t13-/m0/s1. The van der Waals surface area contributed by atoms with Crippen LogP contribution in [0.3, 0.4) is 0 Å². The number of hydrogen-bond acceptors (Lipinski definition) is 6. The van der Waals surface area contributed by atoms with Gasteiger partial charge in [-0.05, 0) is 49.3 Å². The van der Waals surface area contributed by atoms with Gasteiger partial charge in [-0.25, -0.2) is 4.39 Å². The fraction of sp³-hybridized carbons (Fsp3) is 0.524. The summed E-state index contributed by atoms with van der Waals surface area (Å²) in [5.74, 6) is 0.212. The minimum atomic E-state index is -0.551. The van der Waals surface area contributed by atoms with Gasteiger partial charge in [0.1, 0.15) is 5.82 Å². The third kappa shape index (κ3) is 3.46. The van der Waals surface area contributed by atoms with Crippen LogP contribution in [0, 0.1) is 11.2 Å². The van der Waals surface area contributed by atoms with Crippen molar-refractivity contribution in [3.63, 3.8) is 0 Å². The second-order valence-electron chi connectivity index (χ2n) is 8.20. The molecule has 3 heterocycles. The maximum Gasteiger partial charge on any atom is 0.264 e. The minimum Gasteiger partial charge on any atom is -0.494 e. The molecule has 29 heavy (non-hydrogen) atoms. The number of rotatable bonds is 3. The largest absolute Gasteiger partial charge is 0.494 e. The van der Waals surface area contributed by atoms with Crippen LogP contribution >= 0.6 is 0 Å². The van der Waals surface area contributed by atoms with E-state index in [1.807, 2.05) is 0 Å². The van der Waals surface area contributed by atoms with E-state index >= 15 is 0 Å². The Bertz CT molecular complexity index is 983. The van der Waals surface area contributed by atoms with E-state index in [4.69, 9.17) is 15.2 Å². The Labute approximate surface area is 169 Å². The molecule has 2 N–H and O–H groups in total. The average Bonchev–Trinajstić information content (AvgIpc) is 3.06. The fourth-order valence-electron chi connectivity index (χ4n) is 4.56. The number of halogens is 1. The van der Waals surface area contributed by atoms with Crippen LogP contribution in [0.5, 0.6) is 5.75 Å². The quantitative estimate of drug-likeness (QED) is 0.850. The zero-order valence-electron chi connectivity index (χ0n) is 17.1. The van der Waals surface area contributed by atoms with Crippen molar-refractivity contribution in [1.29, 1.82) is 0 Å². The molecule has 2 saturated heterocycles. The molecule has 0 aliphatic carbocycles. The third-order valence-corrected chi connectivity index (χ3v) is 6.24. The van der Waals surface area contributed by atoms with Crippen LogP contribution in [0.2, 0.25) is 0 Å². The predicted octanol–water partition coefficient (Wildman–Crippen LogP) is 2.57. The fourth-order valence-corrected chi connectivity index (χ4v) is 4.56. The molecule has 1 aromatic heterocycles. The third-order valence-electron chi connectivity index (χ3n) is 6.24. The summed E-state index contributed by atoms with van der Waals surface area (Å²) < 4.78 is 26.4. The van der Waals surface area contributed by atoms with Gasteiger partial charge in [-0.3, -0.25) is 9.36 Å². The number of ether oxygens (including phenoxy) is 2. The lowest BCUT2D eigenvalue weighted by molar-refractivity contribution is 0.0974. The summed E-state index contributed by atoms with van der Waals surface area (Å²) in [5, 5.41) is 0. The second-order valence-corrected chi connectivity index (χ2v) is 8.20. The highest BCUT2D eigenvalue weighted by Crippen LogP contribution is 2.42. The van der Waals surface area contributed by atoms with Gasteiger partial charge < -0.3 is 20.1 Å². The average molecular weight is 402 g/mol. The Hall–Kier alpha value is -2.61. The number of nitrogen functional groups attached to an aromatic ring is 1. The number of nitrogens with two attached hydrogens (primary N) is 1. The summed E-state index contributed by atoms with van der Waals surface area (Å²) in [6, 6.07) is 4.34. The SMILES string of the molecule is COc1ccc(-c2c(N)nc(N3CCC4(CC3)CO[C@@H](C)C4)n(C)c2=O)cc1F. The lowest BCUT2D eigenvalue weighted by Crippen LogP contribution is -2.43. The summed E-state index contributed by atoms with van der Waals surface area (Å²) in [5.41, 5.74) is 6.68. The summed E-state index contributed by atoms with van der Waals surface area (Å²) in [4.78, 5) is 19.7. The van der Waals surface area contributed by atoms with Gasteiger partial charge in [-0.1, -0.05) is 6.07 Å². The van der Waals surface area contributed by atoms with Crippen molar-refractivity contribution >= 4 is 11.8 Å². The van der Waals surface area contributed by atoms with Crippen LogP contribution in [0.15, 0.2) is 23.0 Å². The van der Waals surface area contributed by atoms with Crippen molar-refractivity contribution in [2.75, 3.05) is 37.4 Å². The molecule has 156 valence electrons. The van der Waals surface area contributed by atoms with E-state index in [9.17, 15) is 9.18 Å². The van der Waals surface area contributed by atoms with Gasteiger partial charge in [0.15, 0.2) is 11.6 Å². The Morgan fingerprint density at radius 2 is 2.07 bits per heavy atom. The van der Waals surface area contributed by atoms with Gasteiger partial charge in [0, 0.05) is 20.1 Å². The van der Waals surface area contributed by atoms with Gasteiger partial charge in [-0.15, -0.1) is 0 Å². The van der Waals surface area contributed by atoms with Crippen molar-refractivity contribution < 1.29 is 13.9 Å². The first-order valence-corrected chi connectivity index (χ1v) is 9.90. The molecule has 0 bridgehead atoms. The highest BCUT2D eigenvalue weighted by atomic mass is 19.1. The van der Waals surface area contributed by atoms with Crippen molar-refractivity contribution in [2.45, 2.75) is 32.3 Å². The molecule has 2 aromatic rings. The Morgan fingerprint density at radius 3 is 2.66 bits per heavy atom. The monoisotopic (exact) mass is 402 g/mol. The zero-order valence-corrected chi connectivity index (χ0v) is 17.1. The molecular formula is C21H27FN4O3. The highest BCUT2D eigenvalue weighted by Gasteiger charge is 2.41. The van der Waals surface area contributed by atoms with Crippen molar-refractivity contribution in [3.8, 4) is 16.9 Å². The minimum absolute atomic E-state index is 0.103. The van der Waals surface area contributed by atoms with Crippen molar-refractivity contribution in [1.82, 2.24) is 9.55 Å². The Balaban J connectivity index is 1.63. The highest BCUT2D eigenvalue weighted by molar-refractivity contribution is 5.74. The maximum atomic E-state index is 14.1. The summed E-state index contributed by atoms with van der Waals surface area (Å²) >= 11 is 0. The van der Waals surface area contributed by atoms with Crippen LogP contribution in [0.1, 0.15) is 26.2 Å². The number of aromatic nitrogens is 2. The first-order chi connectivity index (χ1) is 13.8. The molecule has 4 rings (SSSR count). The summed E-state index contributed by atoms with van der Waals surface area (Å²) in [6.45, 7) is 4.52. The molecule has 1 aromatic carbocycles. The van der Waals surface area contributed by atoms with E-state index in [1.165, 1.54) is 23.8 Å². The molecule has 0 radical (unpaired) electrons. The van der Waals surface area contributed by atoms with E-state index in [-0.39, 0.29) is 28.1 Å². The van der Waals surface area contributed by atoms with Gasteiger partial charge in [-0.2, -0.15) is 4.98 Å². The second kappa shape index (κ2) is 7.33. The number of methoxy groups -OCH3 is 1. The van der Waals surface area contributed by atoms with E-state index in [1.54, 1.807) is 13.1 Å². The summed E-state index contributed by atoms with van der Waals surface area (Å²) in [7, 11) is 3.07. The van der Waals surface area contributed by atoms with E-state index in [0.29, 0.717) is 17.6 Å². The number of piperidine rings is 1. The van der Waals surface area contributed by atoms with Gasteiger partial charge in [0.05, 0.1) is 25.4 Å². The summed E-state index contributed by atoms with van der Waals surface area (Å²) in [6.07, 6.45) is 3.39. The van der Waals surface area contributed by atoms with Crippen LogP contribution < -0.4 is 20.9 Å². The number of nitrogens with zero attached hydrogens (tertiary/aromatic N) is 3. The molecule has 2 aliphatic rings. The predicted molar refractivity (Wildman–Crippen MR) is 110 cm³/mol. The molecule has 2 aliphatic heterocycles. The van der Waals surface area contributed by atoms with Crippen LogP contribution in [-0.4, -0.2) is 42.5 Å². The molecule has 7 nitrogen and oxygen atoms in total. The van der Waals surface area contributed by atoms with E-state index in [2.05, 4.69) is 16.8 Å². The number of benzene rings is 1. The molecule has 2 fully saturated rings. The molecule has 1 atom stereocenters. The first kappa shape index (κ1) is 19.7. The number of hydrogen-bond donors (Lipinski definition) is 1.